The number of sulfonamides is 1. The first kappa shape index (κ1) is 31.5. The van der Waals surface area contributed by atoms with Gasteiger partial charge in [0.15, 0.2) is 0 Å². The molecule has 3 aromatic carbocycles. The van der Waals surface area contributed by atoms with Crippen LogP contribution in [-0.2, 0) is 26.2 Å². The SMILES string of the molecule is COc1ccc(Cl)cc1N(CC(=O)N(Cc1ccc(Cl)c(Cl)c1)[C@@H](C)C(=O)NC(C)C)S(=O)(=O)c1ccccc1. The van der Waals surface area contributed by atoms with E-state index in [1.54, 1.807) is 63.2 Å². The Morgan fingerprint density at radius 1 is 0.925 bits per heavy atom. The zero-order valence-corrected chi connectivity index (χ0v) is 25.5. The van der Waals surface area contributed by atoms with Gasteiger partial charge in [-0.1, -0.05) is 59.1 Å². The van der Waals surface area contributed by atoms with Gasteiger partial charge < -0.3 is 15.0 Å². The molecule has 0 aliphatic heterocycles. The smallest absolute Gasteiger partial charge is 0.264 e. The number of halogens is 3. The number of benzene rings is 3. The van der Waals surface area contributed by atoms with Gasteiger partial charge in [-0.05, 0) is 68.8 Å². The monoisotopic (exact) mass is 625 g/mol. The number of anilines is 1. The van der Waals surface area contributed by atoms with Gasteiger partial charge in [0.25, 0.3) is 10.0 Å². The average molecular weight is 627 g/mol. The van der Waals surface area contributed by atoms with E-state index in [9.17, 15) is 18.0 Å². The molecule has 1 N–H and O–H groups in total. The van der Waals surface area contributed by atoms with Crippen LogP contribution in [0.25, 0.3) is 0 Å². The highest BCUT2D eigenvalue weighted by molar-refractivity contribution is 7.92. The third-order valence-electron chi connectivity index (χ3n) is 5.95. The van der Waals surface area contributed by atoms with Crippen molar-refractivity contribution < 1.29 is 22.7 Å². The zero-order valence-electron chi connectivity index (χ0n) is 22.4. The fourth-order valence-corrected chi connectivity index (χ4v) is 5.84. The molecule has 0 spiro atoms. The molecule has 0 unspecified atom stereocenters. The Balaban J connectivity index is 2.10. The molecule has 40 heavy (non-hydrogen) atoms. The van der Waals surface area contributed by atoms with Crippen molar-refractivity contribution in [3.8, 4) is 5.75 Å². The highest BCUT2D eigenvalue weighted by Crippen LogP contribution is 2.35. The molecule has 1 atom stereocenters. The largest absolute Gasteiger partial charge is 0.495 e. The number of carbonyl (C=O) groups excluding carboxylic acids is 2. The molecule has 0 saturated carbocycles. The summed E-state index contributed by atoms with van der Waals surface area (Å²) in [5, 5.41) is 3.66. The molecule has 0 aliphatic rings. The summed E-state index contributed by atoms with van der Waals surface area (Å²) in [4.78, 5) is 28.3. The van der Waals surface area contributed by atoms with Crippen LogP contribution in [0.2, 0.25) is 15.1 Å². The summed E-state index contributed by atoms with van der Waals surface area (Å²) in [7, 11) is -2.89. The molecule has 3 aromatic rings. The summed E-state index contributed by atoms with van der Waals surface area (Å²) in [5.41, 5.74) is 0.672. The van der Waals surface area contributed by atoms with E-state index in [-0.39, 0.29) is 39.0 Å². The zero-order chi connectivity index (χ0) is 29.6. The minimum atomic E-state index is -4.27. The standard InChI is InChI=1S/C28H30Cl3N3O5S/c1-18(2)32-28(36)19(3)33(16-20-10-12-23(30)24(31)14-20)27(35)17-34(25-15-21(29)11-13-26(25)39-4)40(37,38)22-8-6-5-7-9-22/h5-15,18-19H,16-17H2,1-4H3,(H,32,36)/t19-/m0/s1. The number of nitrogens with one attached hydrogen (secondary N) is 1. The van der Waals surface area contributed by atoms with Crippen molar-refractivity contribution in [2.24, 2.45) is 0 Å². The molecule has 0 bridgehead atoms. The summed E-state index contributed by atoms with van der Waals surface area (Å²) in [6.45, 7) is 4.50. The predicted octanol–water partition coefficient (Wildman–Crippen LogP) is 5.79. The van der Waals surface area contributed by atoms with Gasteiger partial charge >= 0.3 is 0 Å². The van der Waals surface area contributed by atoms with Crippen molar-refractivity contribution in [2.45, 2.75) is 44.3 Å². The van der Waals surface area contributed by atoms with Crippen LogP contribution in [0.1, 0.15) is 26.3 Å². The molecule has 0 aliphatic carbocycles. The van der Waals surface area contributed by atoms with E-state index in [1.807, 2.05) is 0 Å². The maximum atomic E-state index is 14.0. The maximum absolute atomic E-state index is 14.0. The highest BCUT2D eigenvalue weighted by Gasteiger charge is 2.34. The van der Waals surface area contributed by atoms with E-state index in [1.165, 1.54) is 36.3 Å². The van der Waals surface area contributed by atoms with Gasteiger partial charge in [0, 0.05) is 17.6 Å². The number of hydrogen-bond donors (Lipinski definition) is 1. The summed E-state index contributed by atoms with van der Waals surface area (Å²) in [6, 6.07) is 15.9. The Morgan fingerprint density at radius 3 is 2.20 bits per heavy atom. The van der Waals surface area contributed by atoms with Crippen molar-refractivity contribution in [1.82, 2.24) is 10.2 Å². The minimum Gasteiger partial charge on any atom is -0.495 e. The van der Waals surface area contributed by atoms with E-state index >= 15 is 0 Å². The van der Waals surface area contributed by atoms with Gasteiger partial charge in [-0.15, -0.1) is 0 Å². The van der Waals surface area contributed by atoms with Crippen molar-refractivity contribution in [3.05, 3.63) is 87.4 Å². The third-order valence-corrected chi connectivity index (χ3v) is 8.70. The summed E-state index contributed by atoms with van der Waals surface area (Å²) < 4.78 is 34.2. The predicted molar refractivity (Wildman–Crippen MR) is 159 cm³/mol. The van der Waals surface area contributed by atoms with Gasteiger partial charge in [-0.3, -0.25) is 13.9 Å². The van der Waals surface area contributed by atoms with E-state index in [0.29, 0.717) is 10.6 Å². The van der Waals surface area contributed by atoms with Gasteiger partial charge in [0.2, 0.25) is 11.8 Å². The molecule has 12 heteroatoms. The fraction of sp³-hybridized carbons (Fsp3) is 0.286. The molecule has 3 rings (SSSR count). The highest BCUT2D eigenvalue weighted by atomic mass is 35.5. The summed E-state index contributed by atoms with van der Waals surface area (Å²) in [6.07, 6.45) is 0. The Morgan fingerprint density at radius 2 is 1.60 bits per heavy atom. The van der Waals surface area contributed by atoms with Gasteiger partial charge in [-0.2, -0.15) is 0 Å². The number of nitrogens with zero attached hydrogens (tertiary/aromatic N) is 2. The molecular weight excluding hydrogens is 597 g/mol. The third kappa shape index (κ3) is 7.60. The lowest BCUT2D eigenvalue weighted by Gasteiger charge is -2.32. The van der Waals surface area contributed by atoms with E-state index in [4.69, 9.17) is 39.5 Å². The molecule has 0 fully saturated rings. The topological polar surface area (TPSA) is 96.0 Å². The average Bonchev–Trinajstić information content (AvgIpc) is 2.91. The van der Waals surface area contributed by atoms with Crippen molar-refractivity contribution in [1.29, 1.82) is 0 Å². The van der Waals surface area contributed by atoms with E-state index in [2.05, 4.69) is 5.32 Å². The van der Waals surface area contributed by atoms with Crippen molar-refractivity contribution in [3.63, 3.8) is 0 Å². The number of amides is 2. The van der Waals surface area contributed by atoms with Crippen molar-refractivity contribution in [2.75, 3.05) is 18.0 Å². The van der Waals surface area contributed by atoms with Crippen LogP contribution in [0.3, 0.4) is 0 Å². The van der Waals surface area contributed by atoms with Crippen molar-refractivity contribution >= 4 is 62.3 Å². The second-order valence-electron chi connectivity index (χ2n) is 9.25. The Bertz CT molecular complexity index is 1470. The normalized spacial score (nSPS) is 12.1. The first-order chi connectivity index (χ1) is 18.8. The van der Waals surface area contributed by atoms with Crippen LogP contribution >= 0.6 is 34.8 Å². The lowest BCUT2D eigenvalue weighted by molar-refractivity contribution is -0.139. The van der Waals surface area contributed by atoms with Crippen LogP contribution in [0.4, 0.5) is 5.69 Å². The Hall–Kier alpha value is -2.98. The Labute approximate surface area is 249 Å². The number of carbonyl (C=O) groups is 2. The van der Waals surface area contributed by atoms with E-state index < -0.39 is 34.4 Å². The number of hydrogen-bond acceptors (Lipinski definition) is 5. The van der Waals surface area contributed by atoms with Crippen LogP contribution in [-0.4, -0.2) is 50.9 Å². The fourth-order valence-electron chi connectivity index (χ4n) is 3.91. The first-order valence-electron chi connectivity index (χ1n) is 12.3. The second-order valence-corrected chi connectivity index (χ2v) is 12.4. The van der Waals surface area contributed by atoms with Crippen LogP contribution in [0, 0.1) is 0 Å². The number of methoxy groups -OCH3 is 1. The van der Waals surface area contributed by atoms with Crippen LogP contribution < -0.4 is 14.4 Å². The van der Waals surface area contributed by atoms with Gasteiger partial charge in [-0.25, -0.2) is 8.42 Å². The summed E-state index contributed by atoms with van der Waals surface area (Å²) >= 11 is 18.5. The molecule has 8 nitrogen and oxygen atoms in total. The van der Waals surface area contributed by atoms with Gasteiger partial charge in [0.1, 0.15) is 18.3 Å². The number of ether oxygens (including phenoxy) is 1. The second kappa shape index (κ2) is 13.6. The summed E-state index contributed by atoms with van der Waals surface area (Å²) in [5.74, 6) is -0.849. The molecule has 0 aromatic heterocycles. The minimum absolute atomic E-state index is 0.0334. The maximum Gasteiger partial charge on any atom is 0.264 e. The molecule has 214 valence electrons. The lowest BCUT2D eigenvalue weighted by atomic mass is 10.1. The number of rotatable bonds is 11. The van der Waals surface area contributed by atoms with E-state index in [0.717, 1.165) is 4.31 Å². The molecular formula is C28H30Cl3N3O5S. The molecule has 0 radical (unpaired) electrons. The molecule has 0 saturated heterocycles. The molecule has 0 heterocycles. The van der Waals surface area contributed by atoms with Crippen LogP contribution in [0.5, 0.6) is 5.75 Å². The molecule has 2 amide bonds. The van der Waals surface area contributed by atoms with Crippen LogP contribution in [0.15, 0.2) is 71.6 Å². The van der Waals surface area contributed by atoms with Gasteiger partial charge in [0.05, 0.1) is 27.7 Å². The Kier molecular flexibility index (Phi) is 10.7. The lowest BCUT2D eigenvalue weighted by Crippen LogP contribution is -2.52. The quantitative estimate of drug-likeness (QED) is 0.291. The first-order valence-corrected chi connectivity index (χ1v) is 14.9.